The van der Waals surface area contributed by atoms with E-state index in [9.17, 15) is 4.39 Å². The van der Waals surface area contributed by atoms with E-state index in [1.165, 1.54) is 18.5 Å². The second-order valence-corrected chi connectivity index (χ2v) is 4.35. The second kappa shape index (κ2) is 6.32. The van der Waals surface area contributed by atoms with E-state index in [-0.39, 0.29) is 5.82 Å². The SMILES string of the molecule is CCc1c(NC)ncnc1N(CC)c1cccc(F)c1. The van der Waals surface area contributed by atoms with E-state index in [0.29, 0.717) is 6.54 Å². The molecule has 0 aliphatic carbocycles. The summed E-state index contributed by atoms with van der Waals surface area (Å²) in [5, 5.41) is 3.08. The molecule has 0 saturated heterocycles. The zero-order chi connectivity index (χ0) is 14.5. The maximum Gasteiger partial charge on any atom is 0.141 e. The highest BCUT2D eigenvalue weighted by molar-refractivity contribution is 5.67. The number of anilines is 3. The molecule has 0 atom stereocenters. The van der Waals surface area contributed by atoms with Crippen LogP contribution in [-0.4, -0.2) is 23.6 Å². The molecule has 106 valence electrons. The highest BCUT2D eigenvalue weighted by Crippen LogP contribution is 2.29. The van der Waals surface area contributed by atoms with Gasteiger partial charge in [-0.25, -0.2) is 14.4 Å². The van der Waals surface area contributed by atoms with Crippen LogP contribution in [0.5, 0.6) is 0 Å². The van der Waals surface area contributed by atoms with Crippen molar-refractivity contribution in [3.8, 4) is 0 Å². The van der Waals surface area contributed by atoms with E-state index < -0.39 is 0 Å². The molecule has 0 spiro atoms. The molecular weight excluding hydrogens is 255 g/mol. The largest absolute Gasteiger partial charge is 0.373 e. The Labute approximate surface area is 118 Å². The minimum atomic E-state index is -0.248. The Morgan fingerprint density at radius 2 is 2.05 bits per heavy atom. The van der Waals surface area contributed by atoms with Crippen molar-refractivity contribution in [2.75, 3.05) is 23.8 Å². The van der Waals surface area contributed by atoms with Crippen molar-refractivity contribution in [3.63, 3.8) is 0 Å². The van der Waals surface area contributed by atoms with Gasteiger partial charge in [0, 0.05) is 24.8 Å². The van der Waals surface area contributed by atoms with Crippen molar-refractivity contribution >= 4 is 17.3 Å². The predicted octanol–water partition coefficient (Wildman–Crippen LogP) is 3.38. The van der Waals surface area contributed by atoms with E-state index in [2.05, 4.69) is 22.2 Å². The Morgan fingerprint density at radius 1 is 1.25 bits per heavy atom. The summed E-state index contributed by atoms with van der Waals surface area (Å²) in [5.74, 6) is 1.38. The predicted molar refractivity (Wildman–Crippen MR) is 80.0 cm³/mol. The Hall–Kier alpha value is -2.17. The zero-order valence-electron chi connectivity index (χ0n) is 12.0. The number of rotatable bonds is 5. The third-order valence-electron chi connectivity index (χ3n) is 3.20. The Bertz CT molecular complexity index is 586. The van der Waals surface area contributed by atoms with E-state index in [1.807, 2.05) is 24.9 Å². The molecule has 0 unspecified atom stereocenters. The van der Waals surface area contributed by atoms with Crippen LogP contribution < -0.4 is 10.2 Å². The molecule has 1 aromatic carbocycles. The van der Waals surface area contributed by atoms with Crippen molar-refractivity contribution in [2.45, 2.75) is 20.3 Å². The van der Waals surface area contributed by atoms with Gasteiger partial charge in [0.25, 0.3) is 0 Å². The first-order valence-electron chi connectivity index (χ1n) is 6.76. The van der Waals surface area contributed by atoms with Crippen LogP contribution in [0.2, 0.25) is 0 Å². The molecule has 0 amide bonds. The third kappa shape index (κ3) is 2.71. The van der Waals surface area contributed by atoms with Crippen LogP contribution in [0.15, 0.2) is 30.6 Å². The quantitative estimate of drug-likeness (QED) is 0.907. The number of aromatic nitrogens is 2. The van der Waals surface area contributed by atoms with Gasteiger partial charge in [-0.05, 0) is 31.5 Å². The van der Waals surface area contributed by atoms with Crippen molar-refractivity contribution in [3.05, 3.63) is 42.0 Å². The van der Waals surface area contributed by atoms with Crippen LogP contribution in [0, 0.1) is 5.82 Å². The Balaban J connectivity index is 2.52. The highest BCUT2D eigenvalue weighted by atomic mass is 19.1. The molecule has 5 heteroatoms. The average Bonchev–Trinajstić information content (AvgIpc) is 2.47. The molecule has 0 aliphatic rings. The molecule has 2 rings (SSSR count). The molecule has 2 aromatic rings. The van der Waals surface area contributed by atoms with Crippen LogP contribution in [0.1, 0.15) is 19.4 Å². The van der Waals surface area contributed by atoms with E-state index in [4.69, 9.17) is 0 Å². The van der Waals surface area contributed by atoms with Gasteiger partial charge in [-0.2, -0.15) is 0 Å². The summed E-state index contributed by atoms with van der Waals surface area (Å²) in [7, 11) is 1.84. The lowest BCUT2D eigenvalue weighted by Gasteiger charge is -2.25. The van der Waals surface area contributed by atoms with E-state index >= 15 is 0 Å². The van der Waals surface area contributed by atoms with Crippen molar-refractivity contribution in [1.29, 1.82) is 0 Å². The normalized spacial score (nSPS) is 10.4. The van der Waals surface area contributed by atoms with Crippen LogP contribution in [0.4, 0.5) is 21.7 Å². The number of nitrogens with one attached hydrogen (secondary N) is 1. The zero-order valence-corrected chi connectivity index (χ0v) is 12.0. The average molecular weight is 274 g/mol. The Kier molecular flexibility index (Phi) is 4.50. The molecule has 0 aliphatic heterocycles. The lowest BCUT2D eigenvalue weighted by molar-refractivity contribution is 0.627. The molecular formula is C15H19FN4. The van der Waals surface area contributed by atoms with Gasteiger partial charge in [0.05, 0.1) is 0 Å². The lowest BCUT2D eigenvalue weighted by Crippen LogP contribution is -2.20. The number of hydrogen-bond donors (Lipinski definition) is 1. The van der Waals surface area contributed by atoms with Crippen LogP contribution >= 0.6 is 0 Å². The summed E-state index contributed by atoms with van der Waals surface area (Å²) in [5.41, 5.74) is 1.82. The molecule has 1 heterocycles. The van der Waals surface area contributed by atoms with Crippen molar-refractivity contribution in [2.24, 2.45) is 0 Å². The van der Waals surface area contributed by atoms with Gasteiger partial charge in [-0.1, -0.05) is 13.0 Å². The first kappa shape index (κ1) is 14.2. The maximum atomic E-state index is 13.4. The van der Waals surface area contributed by atoms with Crippen LogP contribution in [-0.2, 0) is 6.42 Å². The molecule has 0 radical (unpaired) electrons. The molecule has 4 nitrogen and oxygen atoms in total. The number of nitrogens with zero attached hydrogens (tertiary/aromatic N) is 3. The number of benzene rings is 1. The van der Waals surface area contributed by atoms with E-state index in [0.717, 1.165) is 29.3 Å². The van der Waals surface area contributed by atoms with E-state index in [1.54, 1.807) is 6.07 Å². The van der Waals surface area contributed by atoms with Crippen LogP contribution in [0.3, 0.4) is 0 Å². The number of halogens is 1. The lowest BCUT2D eigenvalue weighted by atomic mass is 10.2. The van der Waals surface area contributed by atoms with Crippen LogP contribution in [0.25, 0.3) is 0 Å². The summed E-state index contributed by atoms with van der Waals surface area (Å²) in [6.45, 7) is 4.78. The molecule has 1 aromatic heterocycles. The molecule has 0 bridgehead atoms. The molecule has 0 fully saturated rings. The maximum absolute atomic E-state index is 13.4. The summed E-state index contributed by atoms with van der Waals surface area (Å²) in [6.07, 6.45) is 2.33. The monoisotopic (exact) mass is 274 g/mol. The highest BCUT2D eigenvalue weighted by Gasteiger charge is 2.16. The summed E-state index contributed by atoms with van der Waals surface area (Å²) in [6, 6.07) is 6.55. The molecule has 20 heavy (non-hydrogen) atoms. The summed E-state index contributed by atoms with van der Waals surface area (Å²) in [4.78, 5) is 10.6. The second-order valence-electron chi connectivity index (χ2n) is 4.35. The van der Waals surface area contributed by atoms with Gasteiger partial charge >= 0.3 is 0 Å². The van der Waals surface area contributed by atoms with Gasteiger partial charge in [0.15, 0.2) is 0 Å². The Morgan fingerprint density at radius 3 is 2.65 bits per heavy atom. The van der Waals surface area contributed by atoms with Gasteiger partial charge in [0.2, 0.25) is 0 Å². The first-order valence-corrected chi connectivity index (χ1v) is 6.76. The minimum absolute atomic E-state index is 0.248. The first-order chi connectivity index (χ1) is 9.71. The molecule has 0 saturated carbocycles. The van der Waals surface area contributed by atoms with Gasteiger partial charge in [0.1, 0.15) is 23.8 Å². The van der Waals surface area contributed by atoms with Gasteiger partial charge < -0.3 is 10.2 Å². The van der Waals surface area contributed by atoms with Gasteiger partial charge in [-0.15, -0.1) is 0 Å². The fourth-order valence-electron chi connectivity index (χ4n) is 2.28. The van der Waals surface area contributed by atoms with Crippen molar-refractivity contribution in [1.82, 2.24) is 9.97 Å². The summed E-state index contributed by atoms with van der Waals surface area (Å²) >= 11 is 0. The molecule has 1 N–H and O–H groups in total. The van der Waals surface area contributed by atoms with Crippen molar-refractivity contribution < 1.29 is 4.39 Å². The summed E-state index contributed by atoms with van der Waals surface area (Å²) < 4.78 is 13.4. The topological polar surface area (TPSA) is 41.1 Å². The smallest absolute Gasteiger partial charge is 0.141 e. The minimum Gasteiger partial charge on any atom is -0.373 e. The fraction of sp³-hybridized carbons (Fsp3) is 0.333. The number of hydrogen-bond acceptors (Lipinski definition) is 4. The van der Waals surface area contributed by atoms with Gasteiger partial charge in [-0.3, -0.25) is 0 Å². The third-order valence-corrected chi connectivity index (χ3v) is 3.20. The standard InChI is InChI=1S/C15H19FN4/c1-4-13-14(17-3)18-10-19-15(13)20(5-2)12-8-6-7-11(16)9-12/h6-10H,4-5H2,1-3H3,(H,17,18,19). The fourth-order valence-corrected chi connectivity index (χ4v) is 2.28.